The molecule has 2 atom stereocenters. The second kappa shape index (κ2) is 14.1. The van der Waals surface area contributed by atoms with Gasteiger partial charge in [-0.2, -0.15) is 0 Å². The van der Waals surface area contributed by atoms with Crippen molar-refractivity contribution >= 4 is 35.7 Å². The number of amides is 1. The molecule has 1 aromatic heterocycles. The highest BCUT2D eigenvalue weighted by molar-refractivity contribution is 7.09. The van der Waals surface area contributed by atoms with Gasteiger partial charge in [-0.3, -0.25) is 14.5 Å². The molecule has 3 aliphatic heterocycles. The largest absolute Gasteiger partial charge is 0.466 e. The summed E-state index contributed by atoms with van der Waals surface area (Å²) in [7, 11) is 1.33. The number of methoxy groups -OCH3 is 1. The fourth-order valence-corrected chi connectivity index (χ4v) is 8.08. The topological polar surface area (TPSA) is 130 Å². The smallest absolute Gasteiger partial charge is 0.343 e. The number of esters is 2. The van der Waals surface area contributed by atoms with E-state index < -0.39 is 11.9 Å². The van der Waals surface area contributed by atoms with E-state index in [1.54, 1.807) is 6.20 Å². The number of nitrogens with one attached hydrogen (secondary N) is 2. The van der Waals surface area contributed by atoms with Crippen molar-refractivity contribution in [2.75, 3.05) is 39.8 Å². The van der Waals surface area contributed by atoms with Crippen molar-refractivity contribution in [3.05, 3.63) is 39.1 Å². The number of aryl methyl sites for hydroxylation is 1. The van der Waals surface area contributed by atoms with Crippen LogP contribution in [0, 0.1) is 5.41 Å². The number of piperazine rings is 1. The molecule has 5 rings (SSSR count). The molecule has 0 bridgehead atoms. The van der Waals surface area contributed by atoms with Crippen LogP contribution in [0.5, 0.6) is 0 Å². The van der Waals surface area contributed by atoms with Gasteiger partial charge < -0.3 is 25.0 Å². The highest BCUT2D eigenvalue weighted by Crippen LogP contribution is 2.44. The van der Waals surface area contributed by atoms with E-state index in [4.69, 9.17) is 9.47 Å². The van der Waals surface area contributed by atoms with Crippen molar-refractivity contribution in [1.29, 1.82) is 0 Å². The number of likely N-dealkylation sites (tertiary alicyclic amines) is 1. The first-order valence-electron chi connectivity index (χ1n) is 15.4. The lowest BCUT2D eigenvalue weighted by molar-refractivity contribution is -0.148. The van der Waals surface area contributed by atoms with Crippen molar-refractivity contribution < 1.29 is 28.7 Å². The lowest BCUT2D eigenvalue weighted by Crippen LogP contribution is -2.58. The van der Waals surface area contributed by atoms with E-state index in [1.807, 2.05) is 5.38 Å². The second-order valence-corrected chi connectivity index (χ2v) is 13.2. The summed E-state index contributed by atoms with van der Waals surface area (Å²) >= 11 is 1.54. The summed E-state index contributed by atoms with van der Waals surface area (Å²) in [5, 5.41) is 9.87. The predicted molar refractivity (Wildman–Crippen MR) is 161 cm³/mol. The summed E-state index contributed by atoms with van der Waals surface area (Å²) in [6.07, 6.45) is 10.0. The van der Waals surface area contributed by atoms with Crippen LogP contribution in [0.15, 0.2) is 34.1 Å². The van der Waals surface area contributed by atoms with Gasteiger partial charge >= 0.3 is 18.4 Å². The van der Waals surface area contributed by atoms with Crippen molar-refractivity contribution in [2.45, 2.75) is 83.2 Å². The van der Waals surface area contributed by atoms with Gasteiger partial charge in [-0.15, -0.1) is 11.3 Å². The third kappa shape index (κ3) is 7.18. The van der Waals surface area contributed by atoms with Gasteiger partial charge in [-0.05, 0) is 44.4 Å². The van der Waals surface area contributed by atoms with Crippen molar-refractivity contribution in [3.8, 4) is 0 Å². The molecule has 1 aromatic rings. The lowest BCUT2D eigenvalue weighted by atomic mass is 9.78. The number of ether oxygens (including phenoxy) is 2. The zero-order valence-corrected chi connectivity index (χ0v) is 26.0. The summed E-state index contributed by atoms with van der Waals surface area (Å²) in [6.45, 7) is 6.34. The SMILES string of the molecule is COC(=O)C1=C(C(C)N2CCNCC2CC2(CN3CCCC3=O)CCCC2)NC(CCc2nccs2)=C(C(=O)OC=O)C1. The maximum Gasteiger partial charge on any atom is 0.343 e. The Morgan fingerprint density at radius 1 is 1.19 bits per heavy atom. The number of allylic oxidation sites excluding steroid dienone is 1. The van der Waals surface area contributed by atoms with Crippen LogP contribution in [-0.2, 0) is 35.1 Å². The Morgan fingerprint density at radius 2 is 2.00 bits per heavy atom. The molecule has 3 fully saturated rings. The van der Waals surface area contributed by atoms with Crippen molar-refractivity contribution in [3.63, 3.8) is 0 Å². The third-order valence-corrected chi connectivity index (χ3v) is 10.4. The highest BCUT2D eigenvalue weighted by atomic mass is 32.1. The number of dihydropyridines is 1. The number of aromatic nitrogens is 1. The molecule has 43 heavy (non-hydrogen) atoms. The van der Waals surface area contributed by atoms with Crippen LogP contribution in [0.2, 0.25) is 0 Å². The first-order valence-corrected chi connectivity index (χ1v) is 16.3. The minimum absolute atomic E-state index is 0.0109. The zero-order chi connectivity index (χ0) is 30.4. The monoisotopic (exact) mass is 613 g/mol. The quantitative estimate of drug-likeness (QED) is 0.206. The molecular formula is C31H43N5O6S. The molecule has 1 aliphatic carbocycles. The molecule has 12 heteroatoms. The Labute approximate surface area is 257 Å². The van der Waals surface area contributed by atoms with Gasteiger partial charge in [0, 0.05) is 87.0 Å². The second-order valence-electron chi connectivity index (χ2n) is 12.2. The molecule has 234 valence electrons. The first-order chi connectivity index (χ1) is 20.8. The van der Waals surface area contributed by atoms with Crippen LogP contribution in [0.4, 0.5) is 0 Å². The van der Waals surface area contributed by atoms with Gasteiger partial charge in [0.2, 0.25) is 5.91 Å². The number of rotatable bonds is 12. The molecule has 0 spiro atoms. The fourth-order valence-electron chi connectivity index (χ4n) is 7.46. The number of hydrogen-bond acceptors (Lipinski definition) is 11. The normalized spacial score (nSPS) is 23.3. The minimum atomic E-state index is -0.774. The Bertz CT molecular complexity index is 1260. The van der Waals surface area contributed by atoms with E-state index in [1.165, 1.54) is 31.3 Å². The van der Waals surface area contributed by atoms with Gasteiger partial charge in [-0.25, -0.2) is 14.6 Å². The molecule has 1 saturated carbocycles. The third-order valence-electron chi connectivity index (χ3n) is 9.58. The predicted octanol–water partition coefficient (Wildman–Crippen LogP) is 2.69. The summed E-state index contributed by atoms with van der Waals surface area (Å²) < 4.78 is 9.91. The minimum Gasteiger partial charge on any atom is -0.466 e. The molecule has 0 aromatic carbocycles. The molecule has 4 heterocycles. The molecule has 2 unspecified atom stereocenters. The average Bonchev–Trinajstić information content (AvgIpc) is 3.79. The van der Waals surface area contributed by atoms with Gasteiger partial charge in [-0.1, -0.05) is 12.8 Å². The molecule has 0 radical (unpaired) electrons. The molecule has 11 nitrogen and oxygen atoms in total. The van der Waals surface area contributed by atoms with Crippen LogP contribution in [-0.4, -0.2) is 91.0 Å². The van der Waals surface area contributed by atoms with Crippen LogP contribution in [0.1, 0.15) is 69.7 Å². The molecule has 2 N–H and O–H groups in total. The van der Waals surface area contributed by atoms with Crippen molar-refractivity contribution in [1.82, 2.24) is 25.4 Å². The van der Waals surface area contributed by atoms with Crippen molar-refractivity contribution in [2.24, 2.45) is 5.41 Å². The average molecular weight is 614 g/mol. The Morgan fingerprint density at radius 3 is 2.67 bits per heavy atom. The summed E-state index contributed by atoms with van der Waals surface area (Å²) in [4.78, 5) is 58.5. The zero-order valence-electron chi connectivity index (χ0n) is 25.2. The van der Waals surface area contributed by atoms with Crippen LogP contribution in [0.25, 0.3) is 0 Å². The standard InChI is InChI=1S/C31H43N5O6S/c1-21(36-14-11-32-18-22(36)17-31(9-3-4-10-31)19-35-13-5-6-27(35)38)28-24(29(39)41-2)16-23(30(40)42-20-37)25(34-28)7-8-26-33-12-15-43-26/h12,15,20-22,32,34H,3-11,13-14,16-19H2,1-2H3. The number of carbonyl (C=O) groups excluding carboxylic acids is 4. The van der Waals surface area contributed by atoms with E-state index in [0.29, 0.717) is 36.2 Å². The Hall–Kier alpha value is -3.09. The Balaban J connectivity index is 1.41. The maximum atomic E-state index is 13.1. The molecule has 1 amide bonds. The number of thiazole rings is 1. The number of carbonyl (C=O) groups is 4. The van der Waals surface area contributed by atoms with Crippen LogP contribution in [0.3, 0.4) is 0 Å². The molecular weight excluding hydrogens is 570 g/mol. The molecule has 2 saturated heterocycles. The fraction of sp³-hybridized carbons (Fsp3) is 0.645. The van der Waals surface area contributed by atoms with E-state index in [9.17, 15) is 19.2 Å². The van der Waals surface area contributed by atoms with Gasteiger partial charge in [0.15, 0.2) is 0 Å². The number of nitrogens with zero attached hydrogens (tertiary/aromatic N) is 3. The highest BCUT2D eigenvalue weighted by Gasteiger charge is 2.43. The van der Waals surface area contributed by atoms with E-state index >= 15 is 0 Å². The van der Waals surface area contributed by atoms with Crippen LogP contribution < -0.4 is 10.6 Å². The van der Waals surface area contributed by atoms with E-state index in [0.717, 1.165) is 63.4 Å². The first kappa shape index (κ1) is 31.3. The van der Waals surface area contributed by atoms with Gasteiger partial charge in [0.25, 0.3) is 0 Å². The van der Waals surface area contributed by atoms with E-state index in [-0.39, 0.29) is 41.9 Å². The summed E-state index contributed by atoms with van der Waals surface area (Å²) in [6, 6.07) is 0.0310. The van der Waals surface area contributed by atoms with E-state index in [2.05, 4.69) is 32.3 Å². The number of hydrogen-bond donors (Lipinski definition) is 2. The van der Waals surface area contributed by atoms with Gasteiger partial charge in [0.1, 0.15) is 0 Å². The maximum absolute atomic E-state index is 13.1. The summed E-state index contributed by atoms with van der Waals surface area (Å²) in [5.74, 6) is -1.01. The molecule has 4 aliphatic rings. The van der Waals surface area contributed by atoms with Crippen LogP contribution >= 0.6 is 11.3 Å². The van der Waals surface area contributed by atoms with Gasteiger partial charge in [0.05, 0.1) is 23.3 Å². The lowest BCUT2D eigenvalue weighted by Gasteiger charge is -2.46. The Kier molecular flexibility index (Phi) is 10.3. The summed E-state index contributed by atoms with van der Waals surface area (Å²) in [5.41, 5.74) is 2.04.